The summed E-state index contributed by atoms with van der Waals surface area (Å²) in [6, 6.07) is 16.1. The van der Waals surface area contributed by atoms with Crippen LogP contribution in [0.25, 0.3) is 10.2 Å². The van der Waals surface area contributed by atoms with E-state index >= 15 is 0 Å². The Labute approximate surface area is 196 Å². The predicted octanol–water partition coefficient (Wildman–Crippen LogP) is 5.95. The minimum Gasteiger partial charge on any atom is -0.456 e. The number of aliphatic hydroxyl groups is 1. The second-order valence-electron chi connectivity index (χ2n) is 7.06. The maximum atomic E-state index is 13.8. The van der Waals surface area contributed by atoms with Crippen LogP contribution in [0.4, 0.5) is 18.9 Å². The maximum Gasteiger partial charge on any atom is 0.418 e. The Kier molecular flexibility index (Phi) is 6.77. The molecule has 2 aromatic carbocycles. The van der Waals surface area contributed by atoms with Crippen molar-refractivity contribution in [2.75, 3.05) is 5.32 Å². The fourth-order valence-electron chi connectivity index (χ4n) is 3.19. The lowest BCUT2D eigenvalue weighted by Crippen LogP contribution is -2.39. The number of aromatic nitrogens is 1. The van der Waals surface area contributed by atoms with Crippen LogP contribution in [0.2, 0.25) is 0 Å². The molecule has 0 fully saturated rings. The van der Waals surface area contributed by atoms with E-state index in [2.05, 4.69) is 15.6 Å². The molecule has 0 bridgehead atoms. The molecular formula is C23H18F3N3O2S2. The van der Waals surface area contributed by atoms with Crippen molar-refractivity contribution in [3.8, 4) is 11.5 Å². The minimum atomic E-state index is -4.66. The number of nitrogens with zero attached hydrogens (tertiary/aromatic N) is 1. The van der Waals surface area contributed by atoms with E-state index in [4.69, 9.17) is 17.0 Å². The molecule has 0 spiro atoms. The number of thiocarbonyl (C=S) groups is 1. The van der Waals surface area contributed by atoms with Crippen LogP contribution in [0.15, 0.2) is 72.2 Å². The summed E-state index contributed by atoms with van der Waals surface area (Å²) in [5.74, 6) is 0.446. The molecule has 0 amide bonds. The summed E-state index contributed by atoms with van der Waals surface area (Å²) < 4.78 is 47.7. The SMILES string of the molecule is OC(Cc1ccccc1)NC(=S)Nc1ccc(Oc2ccnc3ccsc23)cc1C(F)(F)F. The zero-order valence-electron chi connectivity index (χ0n) is 17.0. The molecule has 170 valence electrons. The van der Waals surface area contributed by atoms with Gasteiger partial charge in [-0.15, -0.1) is 11.3 Å². The summed E-state index contributed by atoms with van der Waals surface area (Å²) >= 11 is 6.49. The van der Waals surface area contributed by atoms with Gasteiger partial charge in [0.25, 0.3) is 0 Å². The standard InChI is InChI=1S/C23H18F3N3O2S2/c24-23(25,26)16-13-15(31-19-8-10-27-18-9-11-33-21(18)19)6-7-17(16)28-22(32)29-20(30)12-14-4-2-1-3-5-14/h1-11,13,20,30H,12H2,(H2,28,29,32). The second kappa shape index (κ2) is 9.74. The summed E-state index contributed by atoms with van der Waals surface area (Å²) in [6.45, 7) is 0. The summed E-state index contributed by atoms with van der Waals surface area (Å²) in [7, 11) is 0. The quantitative estimate of drug-likeness (QED) is 0.230. The number of rotatable bonds is 6. The molecule has 0 aliphatic heterocycles. The number of hydrogen-bond acceptors (Lipinski definition) is 5. The lowest BCUT2D eigenvalue weighted by molar-refractivity contribution is -0.137. The first-order chi connectivity index (χ1) is 15.8. The number of pyridine rings is 1. The van der Waals surface area contributed by atoms with Crippen molar-refractivity contribution in [2.24, 2.45) is 0 Å². The first-order valence-corrected chi connectivity index (χ1v) is 11.1. The molecule has 0 saturated carbocycles. The van der Waals surface area contributed by atoms with Crippen molar-refractivity contribution in [1.29, 1.82) is 0 Å². The van der Waals surface area contributed by atoms with Gasteiger partial charge in [-0.05, 0) is 47.4 Å². The maximum absolute atomic E-state index is 13.8. The highest BCUT2D eigenvalue weighted by molar-refractivity contribution is 7.80. The molecule has 3 N–H and O–H groups in total. The van der Waals surface area contributed by atoms with Crippen molar-refractivity contribution in [3.63, 3.8) is 0 Å². The van der Waals surface area contributed by atoms with Gasteiger partial charge >= 0.3 is 6.18 Å². The van der Waals surface area contributed by atoms with Crippen LogP contribution in [0.5, 0.6) is 11.5 Å². The summed E-state index contributed by atoms with van der Waals surface area (Å²) in [4.78, 5) is 4.20. The third-order valence-electron chi connectivity index (χ3n) is 4.65. The number of nitrogens with one attached hydrogen (secondary N) is 2. The first kappa shape index (κ1) is 23.0. The van der Waals surface area contributed by atoms with Crippen molar-refractivity contribution in [3.05, 3.63) is 83.4 Å². The van der Waals surface area contributed by atoms with Gasteiger partial charge in [0.05, 0.1) is 21.5 Å². The highest BCUT2D eigenvalue weighted by Gasteiger charge is 2.34. The van der Waals surface area contributed by atoms with Gasteiger partial charge in [0.15, 0.2) is 5.11 Å². The third-order valence-corrected chi connectivity index (χ3v) is 5.79. The van der Waals surface area contributed by atoms with Crippen LogP contribution >= 0.6 is 23.6 Å². The molecule has 10 heteroatoms. The van der Waals surface area contributed by atoms with Crippen LogP contribution in [-0.2, 0) is 12.6 Å². The number of ether oxygens (including phenoxy) is 1. The van der Waals surface area contributed by atoms with Crippen LogP contribution in [-0.4, -0.2) is 21.4 Å². The molecule has 4 rings (SSSR count). The van der Waals surface area contributed by atoms with Gasteiger partial charge in [0.1, 0.15) is 17.7 Å². The lowest BCUT2D eigenvalue weighted by atomic mass is 10.1. The van der Waals surface area contributed by atoms with Crippen LogP contribution in [0, 0.1) is 0 Å². The molecule has 1 unspecified atom stereocenters. The van der Waals surface area contributed by atoms with Crippen LogP contribution in [0.3, 0.4) is 0 Å². The largest absolute Gasteiger partial charge is 0.456 e. The molecule has 1 atom stereocenters. The van der Waals surface area contributed by atoms with E-state index < -0.39 is 18.0 Å². The van der Waals surface area contributed by atoms with Gasteiger partial charge in [0, 0.05) is 18.7 Å². The molecule has 0 aliphatic rings. The number of fused-ring (bicyclic) bond motifs is 1. The summed E-state index contributed by atoms with van der Waals surface area (Å²) in [5.41, 5.74) is 0.361. The van der Waals surface area contributed by atoms with E-state index in [9.17, 15) is 18.3 Å². The molecule has 0 radical (unpaired) electrons. The molecule has 0 saturated heterocycles. The monoisotopic (exact) mass is 489 g/mol. The summed E-state index contributed by atoms with van der Waals surface area (Å²) in [6.07, 6.45) is -3.94. The highest BCUT2D eigenvalue weighted by atomic mass is 32.1. The molecule has 2 heterocycles. The topological polar surface area (TPSA) is 66.4 Å². The van der Waals surface area contributed by atoms with Gasteiger partial charge in [-0.2, -0.15) is 13.2 Å². The Balaban J connectivity index is 1.49. The predicted molar refractivity (Wildman–Crippen MR) is 127 cm³/mol. The number of halogens is 3. The molecule has 2 aromatic heterocycles. The number of thiophene rings is 1. The van der Waals surface area contributed by atoms with E-state index in [1.807, 2.05) is 35.7 Å². The zero-order valence-corrected chi connectivity index (χ0v) is 18.6. The Morgan fingerprint density at radius 2 is 1.91 bits per heavy atom. The zero-order chi connectivity index (χ0) is 23.4. The van der Waals surface area contributed by atoms with E-state index in [1.54, 1.807) is 12.1 Å². The van der Waals surface area contributed by atoms with E-state index in [1.165, 1.54) is 29.7 Å². The van der Waals surface area contributed by atoms with Gasteiger partial charge in [-0.1, -0.05) is 30.3 Å². The number of benzene rings is 2. The smallest absolute Gasteiger partial charge is 0.418 e. The third kappa shape index (κ3) is 5.78. The average Bonchev–Trinajstić information content (AvgIpc) is 3.24. The van der Waals surface area contributed by atoms with Gasteiger partial charge in [0.2, 0.25) is 0 Å². The van der Waals surface area contributed by atoms with Crippen LogP contribution in [0.1, 0.15) is 11.1 Å². The highest BCUT2D eigenvalue weighted by Crippen LogP contribution is 2.39. The number of anilines is 1. The van der Waals surface area contributed by atoms with Crippen molar-refractivity contribution in [1.82, 2.24) is 10.3 Å². The van der Waals surface area contributed by atoms with Gasteiger partial charge < -0.3 is 20.5 Å². The van der Waals surface area contributed by atoms with Gasteiger partial charge in [-0.25, -0.2) is 0 Å². The van der Waals surface area contributed by atoms with E-state index in [-0.39, 0.29) is 23.0 Å². The molecular weight excluding hydrogens is 471 g/mol. The minimum absolute atomic E-state index is 0.0248. The number of hydrogen-bond donors (Lipinski definition) is 3. The Morgan fingerprint density at radius 1 is 1.12 bits per heavy atom. The van der Waals surface area contributed by atoms with Crippen LogP contribution < -0.4 is 15.4 Å². The Morgan fingerprint density at radius 3 is 2.67 bits per heavy atom. The van der Waals surface area contributed by atoms with E-state index in [0.29, 0.717) is 11.3 Å². The normalized spacial score (nSPS) is 12.4. The molecule has 4 aromatic rings. The fraction of sp³-hybridized carbons (Fsp3) is 0.130. The van der Waals surface area contributed by atoms with E-state index in [0.717, 1.165) is 16.3 Å². The molecule has 5 nitrogen and oxygen atoms in total. The number of aliphatic hydroxyl groups excluding tert-OH is 1. The Hall–Kier alpha value is -3.21. The summed E-state index contributed by atoms with van der Waals surface area (Å²) in [5, 5.41) is 17.0. The Bertz CT molecular complexity index is 1260. The van der Waals surface area contributed by atoms with Gasteiger partial charge in [-0.3, -0.25) is 4.98 Å². The molecule has 0 aliphatic carbocycles. The second-order valence-corrected chi connectivity index (χ2v) is 8.38. The lowest BCUT2D eigenvalue weighted by Gasteiger charge is -2.19. The number of alkyl halides is 3. The fourth-order valence-corrected chi connectivity index (χ4v) is 4.23. The van der Waals surface area contributed by atoms with Crippen molar-refractivity contribution in [2.45, 2.75) is 18.8 Å². The average molecular weight is 490 g/mol. The first-order valence-electron chi connectivity index (χ1n) is 9.80. The molecule has 33 heavy (non-hydrogen) atoms. The van der Waals surface area contributed by atoms with Crippen molar-refractivity contribution < 1.29 is 23.0 Å². The van der Waals surface area contributed by atoms with Crippen molar-refractivity contribution >= 4 is 44.6 Å².